The van der Waals surface area contributed by atoms with Gasteiger partial charge in [-0.05, 0) is 43.6 Å². The van der Waals surface area contributed by atoms with E-state index in [-0.39, 0.29) is 32.9 Å². The number of hydrogen-bond donors (Lipinski definition) is 3. The quantitative estimate of drug-likeness (QED) is 0.0690. The topological polar surface area (TPSA) is 155 Å². The highest BCUT2D eigenvalue weighted by Crippen LogP contribution is 3.09. The third-order valence-electron chi connectivity index (χ3n) is 7.44. The molecule has 4 unspecified atom stereocenters. The predicted octanol–water partition coefficient (Wildman–Crippen LogP) is 2.36. The summed E-state index contributed by atoms with van der Waals surface area (Å²) in [5, 5.41) is 20.2. The van der Waals surface area contributed by atoms with Crippen LogP contribution >= 0.6 is 10.0 Å². The van der Waals surface area contributed by atoms with E-state index in [1.165, 1.54) is 41.5 Å². The molecule has 3 heterocycles. The van der Waals surface area contributed by atoms with Crippen molar-refractivity contribution in [2.75, 3.05) is 64.2 Å². The van der Waals surface area contributed by atoms with Crippen LogP contribution in [0.15, 0.2) is 18.2 Å². The van der Waals surface area contributed by atoms with Gasteiger partial charge in [0.15, 0.2) is 0 Å². The Morgan fingerprint density at radius 2 is 1.61 bits per heavy atom. The average Bonchev–Trinajstić information content (AvgIpc) is 3.83. The zero-order valence-electron chi connectivity index (χ0n) is 21.9. The molecular weight excluding hydrogens is 512 g/mol. The number of carbonyl (C=O) groups excluding carboxylic acids is 2. The first kappa shape index (κ1) is 28.6. The molecule has 2 amide bonds. The van der Waals surface area contributed by atoms with Crippen molar-refractivity contribution in [3.8, 4) is 0 Å². The second-order valence-corrected chi connectivity index (χ2v) is 14.0. The molecule has 1 spiro atoms. The van der Waals surface area contributed by atoms with Gasteiger partial charge in [-0.25, -0.2) is 10.0 Å². The lowest BCUT2D eigenvalue weighted by Crippen LogP contribution is -2.26. The van der Waals surface area contributed by atoms with Crippen LogP contribution in [-0.2, 0) is 19.0 Å². The van der Waals surface area contributed by atoms with Gasteiger partial charge in [-0.15, -0.1) is 0 Å². The van der Waals surface area contributed by atoms with Crippen LogP contribution in [0.25, 0.3) is 0 Å². The molecule has 0 saturated carbocycles. The van der Waals surface area contributed by atoms with Crippen molar-refractivity contribution < 1.29 is 28.7 Å². The van der Waals surface area contributed by atoms with Crippen LogP contribution in [0.3, 0.4) is 0 Å². The number of hydrogen-bond acceptors (Lipinski definition) is 8. The molecule has 3 saturated heterocycles. The zero-order valence-corrected chi connectivity index (χ0v) is 22.7. The Labute approximate surface area is 225 Å². The molecule has 4 N–H and O–H groups in total. The summed E-state index contributed by atoms with van der Waals surface area (Å²) in [5.41, 5.74) is 5.58. The van der Waals surface area contributed by atoms with Crippen molar-refractivity contribution >= 4 is 33.2 Å². The molecule has 4 atom stereocenters. The second kappa shape index (κ2) is 13.6. The number of fused-ring (bicyclic) bond motifs is 1. The fourth-order valence-corrected chi connectivity index (χ4v) is 10.5. The van der Waals surface area contributed by atoms with Gasteiger partial charge in [0, 0.05) is 60.2 Å². The van der Waals surface area contributed by atoms with E-state index in [9.17, 15) is 19.7 Å². The molecule has 4 rings (SSSR count). The average molecular weight is 553 g/mol. The largest absolute Gasteiger partial charge is 0.399 e. The monoisotopic (exact) mass is 552 g/mol. The van der Waals surface area contributed by atoms with E-state index in [2.05, 4.69) is 10.6 Å². The molecule has 3 aliphatic rings. The Bertz CT molecular complexity index is 996. The molecule has 38 heavy (non-hydrogen) atoms. The Morgan fingerprint density at radius 1 is 0.974 bits per heavy atom. The van der Waals surface area contributed by atoms with Crippen LogP contribution in [0, 0.1) is 10.1 Å². The number of nitrogens with zero attached hydrogens (tertiary/aromatic N) is 1. The zero-order chi connectivity index (χ0) is 27.0. The Hall–Kier alpha value is -2.41. The standard InChI is InChI=1S/C26H40N4O7S/c27-19-7-8-21(30(33)34)20(17-19)26(32)29-10-4-12-36-14-16-37-15-13-35-11-3-9-28-24(31)6-2-1-5-22-25-23-18-38(22,23)25/h7-8,17,22-23,25H,1-6,9-16,18,27H2,(H,28,31)(H,29,32). The molecule has 3 fully saturated rings. The molecule has 11 nitrogen and oxygen atoms in total. The predicted molar refractivity (Wildman–Crippen MR) is 147 cm³/mol. The van der Waals surface area contributed by atoms with Gasteiger partial charge in [0.1, 0.15) is 5.56 Å². The lowest BCUT2D eigenvalue weighted by Gasteiger charge is -2.09. The number of rotatable bonds is 21. The number of anilines is 1. The summed E-state index contributed by atoms with van der Waals surface area (Å²) < 4.78 is 16.4. The third-order valence-corrected chi connectivity index (χ3v) is 12.2. The highest BCUT2D eigenvalue weighted by Gasteiger charge is 2.93. The SMILES string of the molecule is Nc1ccc([N+](=O)[O-])c(C(=O)NCCCOCCOCCOCCCNC(=O)CCCCC2C3C4CS243)c1. The molecular formula is C26H40N4O7S. The normalized spacial score (nSPS) is 25.4. The lowest BCUT2D eigenvalue weighted by atomic mass is 10.1. The van der Waals surface area contributed by atoms with Crippen molar-refractivity contribution in [1.29, 1.82) is 0 Å². The number of nitrogen functional groups attached to an aromatic ring is 1. The maximum Gasteiger partial charge on any atom is 0.282 e. The summed E-state index contributed by atoms with van der Waals surface area (Å²) in [7, 11) is 0.0658. The number of nitro benzene ring substituents is 1. The summed E-state index contributed by atoms with van der Waals surface area (Å²) in [4.78, 5) is 34.5. The minimum absolute atomic E-state index is 0.0574. The summed E-state index contributed by atoms with van der Waals surface area (Å²) >= 11 is 0. The van der Waals surface area contributed by atoms with Gasteiger partial charge in [-0.1, -0.05) is 6.42 Å². The van der Waals surface area contributed by atoms with E-state index >= 15 is 0 Å². The van der Waals surface area contributed by atoms with E-state index in [0.717, 1.165) is 18.1 Å². The van der Waals surface area contributed by atoms with Crippen molar-refractivity contribution in [3.63, 3.8) is 0 Å². The van der Waals surface area contributed by atoms with Crippen LogP contribution in [-0.4, -0.2) is 91.0 Å². The van der Waals surface area contributed by atoms with Crippen LogP contribution < -0.4 is 16.4 Å². The molecule has 1 aromatic rings. The van der Waals surface area contributed by atoms with Crippen LogP contribution in [0.2, 0.25) is 0 Å². The number of amides is 2. The first-order chi connectivity index (χ1) is 18.4. The van der Waals surface area contributed by atoms with Gasteiger partial charge in [0.2, 0.25) is 5.91 Å². The van der Waals surface area contributed by atoms with Crippen LogP contribution in [0.4, 0.5) is 11.4 Å². The molecule has 1 aromatic carbocycles. The first-order valence-corrected chi connectivity index (χ1v) is 15.5. The van der Waals surface area contributed by atoms with Crippen LogP contribution in [0.1, 0.15) is 48.9 Å². The van der Waals surface area contributed by atoms with Crippen molar-refractivity contribution in [2.24, 2.45) is 0 Å². The highest BCUT2D eigenvalue weighted by atomic mass is 32.3. The Kier molecular flexibility index (Phi) is 10.2. The first-order valence-electron chi connectivity index (χ1n) is 13.5. The number of unbranched alkanes of at least 4 members (excludes halogenated alkanes) is 1. The van der Waals surface area contributed by atoms with Crippen LogP contribution in [0.5, 0.6) is 0 Å². The molecule has 0 aliphatic carbocycles. The van der Waals surface area contributed by atoms with Gasteiger partial charge in [-0.3, -0.25) is 19.7 Å². The van der Waals surface area contributed by atoms with Gasteiger partial charge in [0.25, 0.3) is 11.6 Å². The molecule has 0 bridgehead atoms. The van der Waals surface area contributed by atoms with Crippen molar-refractivity contribution in [3.05, 3.63) is 33.9 Å². The summed E-state index contributed by atoms with van der Waals surface area (Å²) in [5.74, 6) is 1.19. The number of nitrogens with one attached hydrogen (secondary N) is 2. The maximum atomic E-state index is 12.2. The molecule has 212 valence electrons. The maximum absolute atomic E-state index is 12.2. The van der Waals surface area contributed by atoms with Gasteiger partial charge in [0.05, 0.1) is 31.4 Å². The number of ether oxygens (including phenoxy) is 3. The van der Waals surface area contributed by atoms with Gasteiger partial charge >= 0.3 is 0 Å². The molecule has 3 aliphatic heterocycles. The third kappa shape index (κ3) is 7.58. The number of benzene rings is 1. The van der Waals surface area contributed by atoms with Gasteiger partial charge < -0.3 is 30.6 Å². The minimum atomic E-state index is -0.608. The molecule has 0 aromatic heterocycles. The van der Waals surface area contributed by atoms with E-state index in [4.69, 9.17) is 19.9 Å². The fraction of sp³-hybridized carbons (Fsp3) is 0.692. The molecule has 0 radical (unpaired) electrons. The lowest BCUT2D eigenvalue weighted by molar-refractivity contribution is -0.385. The summed E-state index contributed by atoms with van der Waals surface area (Å²) in [6, 6.07) is 3.91. The van der Waals surface area contributed by atoms with E-state index in [1.54, 1.807) is 5.75 Å². The fourth-order valence-electron chi connectivity index (χ4n) is 5.14. The van der Waals surface area contributed by atoms with E-state index in [0.29, 0.717) is 65.6 Å². The van der Waals surface area contributed by atoms with Crippen molar-refractivity contribution in [1.82, 2.24) is 10.6 Å². The van der Waals surface area contributed by atoms with Crippen molar-refractivity contribution in [2.45, 2.75) is 54.3 Å². The smallest absolute Gasteiger partial charge is 0.282 e. The Balaban J connectivity index is 0.864. The summed E-state index contributed by atoms with van der Waals surface area (Å²) in [6.07, 6.45) is 5.58. The number of nitrogens with two attached hydrogens (primary N) is 1. The van der Waals surface area contributed by atoms with Gasteiger partial charge in [-0.2, -0.15) is 0 Å². The highest BCUT2D eigenvalue weighted by molar-refractivity contribution is 8.54. The van der Waals surface area contributed by atoms with E-state index < -0.39 is 10.8 Å². The minimum Gasteiger partial charge on any atom is -0.399 e. The number of carbonyl (C=O) groups is 2. The number of nitro groups is 1. The Morgan fingerprint density at radius 3 is 2.21 bits per heavy atom. The van der Waals surface area contributed by atoms with E-state index in [1.807, 2.05) is 0 Å². The molecule has 12 heteroatoms. The summed E-state index contributed by atoms with van der Waals surface area (Å²) in [6.45, 7) is 3.79. The second-order valence-electron chi connectivity index (χ2n) is 10.0.